The molecule has 0 heterocycles. The summed E-state index contributed by atoms with van der Waals surface area (Å²) in [5.41, 5.74) is 1.45. The molecule has 0 bridgehead atoms. The Hall–Kier alpha value is -0.820. The number of hydrogen-bond acceptors (Lipinski definition) is 1. The van der Waals surface area contributed by atoms with E-state index < -0.39 is 0 Å². The van der Waals surface area contributed by atoms with Crippen molar-refractivity contribution < 1.29 is 0 Å². The van der Waals surface area contributed by atoms with E-state index in [0.717, 1.165) is 6.54 Å². The van der Waals surface area contributed by atoms with Gasteiger partial charge < -0.3 is 5.32 Å². The van der Waals surface area contributed by atoms with Crippen LogP contribution in [0.25, 0.3) is 0 Å². The van der Waals surface area contributed by atoms with Crippen LogP contribution in [0.4, 0.5) is 0 Å². The van der Waals surface area contributed by atoms with Crippen LogP contribution in [0.15, 0.2) is 30.3 Å². The van der Waals surface area contributed by atoms with Crippen LogP contribution in [-0.2, 0) is 0 Å². The van der Waals surface area contributed by atoms with Crippen LogP contribution < -0.4 is 5.32 Å². The van der Waals surface area contributed by atoms with Gasteiger partial charge in [-0.25, -0.2) is 0 Å². The summed E-state index contributed by atoms with van der Waals surface area (Å²) in [5, 5.41) is 3.53. The lowest BCUT2D eigenvalue weighted by Gasteiger charge is -2.18. The van der Waals surface area contributed by atoms with Crippen molar-refractivity contribution in [1.82, 2.24) is 5.32 Å². The van der Waals surface area contributed by atoms with Gasteiger partial charge in [0, 0.05) is 6.04 Å². The van der Waals surface area contributed by atoms with Crippen molar-refractivity contribution in [2.45, 2.75) is 45.6 Å². The molecule has 0 amide bonds. The Morgan fingerprint density at radius 1 is 1.13 bits per heavy atom. The fourth-order valence-electron chi connectivity index (χ4n) is 1.92. The molecule has 1 heteroatoms. The summed E-state index contributed by atoms with van der Waals surface area (Å²) < 4.78 is 0. The largest absolute Gasteiger partial charge is 0.314 e. The molecule has 0 spiro atoms. The lowest BCUT2D eigenvalue weighted by atomic mass is 9.94. The third-order valence-corrected chi connectivity index (χ3v) is 2.82. The average molecular weight is 205 g/mol. The zero-order valence-corrected chi connectivity index (χ0v) is 10.2. The maximum Gasteiger partial charge on any atom is 0.00444 e. The molecule has 2 unspecified atom stereocenters. The van der Waals surface area contributed by atoms with E-state index in [4.69, 9.17) is 0 Å². The highest BCUT2D eigenvalue weighted by molar-refractivity contribution is 5.18. The van der Waals surface area contributed by atoms with E-state index in [2.05, 4.69) is 56.4 Å². The Bertz CT molecular complexity index is 255. The standard InChI is InChI=1S/C14H23N/c1-4-10-15-13(3)11-12(2)14-8-6-5-7-9-14/h5-9,12-13,15H,4,10-11H2,1-3H3. The van der Waals surface area contributed by atoms with Crippen LogP contribution in [0.1, 0.15) is 45.1 Å². The van der Waals surface area contributed by atoms with Crippen LogP contribution >= 0.6 is 0 Å². The lowest BCUT2D eigenvalue weighted by Crippen LogP contribution is -2.27. The van der Waals surface area contributed by atoms with Gasteiger partial charge in [0.25, 0.3) is 0 Å². The summed E-state index contributed by atoms with van der Waals surface area (Å²) in [6.45, 7) is 7.91. The van der Waals surface area contributed by atoms with E-state index in [1.807, 2.05) is 0 Å². The van der Waals surface area contributed by atoms with Gasteiger partial charge in [-0.05, 0) is 37.8 Å². The maximum atomic E-state index is 3.53. The molecule has 0 saturated heterocycles. The van der Waals surface area contributed by atoms with Crippen molar-refractivity contribution in [3.8, 4) is 0 Å². The lowest BCUT2D eigenvalue weighted by molar-refractivity contribution is 0.479. The van der Waals surface area contributed by atoms with E-state index in [0.29, 0.717) is 12.0 Å². The van der Waals surface area contributed by atoms with Crippen LogP contribution in [0.5, 0.6) is 0 Å². The summed E-state index contributed by atoms with van der Waals surface area (Å²) >= 11 is 0. The van der Waals surface area contributed by atoms with Gasteiger partial charge in [0.1, 0.15) is 0 Å². The summed E-state index contributed by atoms with van der Waals surface area (Å²) in [6, 6.07) is 11.4. The first-order valence-corrected chi connectivity index (χ1v) is 6.02. The summed E-state index contributed by atoms with van der Waals surface area (Å²) in [7, 11) is 0. The molecule has 1 N–H and O–H groups in total. The second kappa shape index (κ2) is 6.62. The predicted molar refractivity (Wildman–Crippen MR) is 67.2 cm³/mol. The molecule has 0 aromatic heterocycles. The molecule has 0 radical (unpaired) electrons. The molecule has 1 aromatic rings. The van der Waals surface area contributed by atoms with E-state index >= 15 is 0 Å². The molecular formula is C14H23N. The molecule has 1 rings (SSSR count). The van der Waals surface area contributed by atoms with Gasteiger partial charge in [0.05, 0.1) is 0 Å². The van der Waals surface area contributed by atoms with E-state index in [1.54, 1.807) is 0 Å². The molecule has 15 heavy (non-hydrogen) atoms. The maximum absolute atomic E-state index is 3.53. The van der Waals surface area contributed by atoms with E-state index in [-0.39, 0.29) is 0 Å². The summed E-state index contributed by atoms with van der Waals surface area (Å²) in [5.74, 6) is 0.644. The van der Waals surface area contributed by atoms with Crippen molar-refractivity contribution in [3.05, 3.63) is 35.9 Å². The monoisotopic (exact) mass is 205 g/mol. The third kappa shape index (κ3) is 4.48. The summed E-state index contributed by atoms with van der Waals surface area (Å²) in [4.78, 5) is 0. The van der Waals surface area contributed by atoms with Gasteiger partial charge in [0.2, 0.25) is 0 Å². The minimum atomic E-state index is 0.611. The van der Waals surface area contributed by atoms with Crippen LogP contribution in [-0.4, -0.2) is 12.6 Å². The molecule has 84 valence electrons. The van der Waals surface area contributed by atoms with Gasteiger partial charge in [-0.1, -0.05) is 44.2 Å². The Morgan fingerprint density at radius 3 is 2.40 bits per heavy atom. The molecule has 0 aliphatic carbocycles. The molecule has 0 fully saturated rings. The van der Waals surface area contributed by atoms with Crippen molar-refractivity contribution in [3.63, 3.8) is 0 Å². The Morgan fingerprint density at radius 2 is 1.80 bits per heavy atom. The van der Waals surface area contributed by atoms with Gasteiger partial charge in [0.15, 0.2) is 0 Å². The van der Waals surface area contributed by atoms with Crippen LogP contribution in [0, 0.1) is 0 Å². The molecule has 0 saturated carbocycles. The smallest absolute Gasteiger partial charge is 0.00444 e. The zero-order chi connectivity index (χ0) is 11.1. The van der Waals surface area contributed by atoms with Crippen LogP contribution in [0.2, 0.25) is 0 Å². The molecule has 0 aliphatic rings. The Labute approximate surface area is 93.9 Å². The first-order valence-electron chi connectivity index (χ1n) is 6.02. The number of nitrogens with one attached hydrogen (secondary N) is 1. The van der Waals surface area contributed by atoms with E-state index in [1.165, 1.54) is 18.4 Å². The minimum absolute atomic E-state index is 0.611. The number of benzene rings is 1. The number of hydrogen-bond donors (Lipinski definition) is 1. The minimum Gasteiger partial charge on any atom is -0.314 e. The Balaban J connectivity index is 2.38. The highest BCUT2D eigenvalue weighted by atomic mass is 14.9. The topological polar surface area (TPSA) is 12.0 Å². The van der Waals surface area contributed by atoms with Gasteiger partial charge in [-0.3, -0.25) is 0 Å². The number of rotatable bonds is 6. The normalized spacial score (nSPS) is 14.9. The van der Waals surface area contributed by atoms with Crippen molar-refractivity contribution in [2.24, 2.45) is 0 Å². The Kier molecular flexibility index (Phi) is 5.41. The summed E-state index contributed by atoms with van der Waals surface area (Å²) in [6.07, 6.45) is 2.42. The molecular weight excluding hydrogens is 182 g/mol. The van der Waals surface area contributed by atoms with Crippen molar-refractivity contribution in [2.75, 3.05) is 6.54 Å². The highest BCUT2D eigenvalue weighted by Crippen LogP contribution is 2.19. The van der Waals surface area contributed by atoms with Crippen LogP contribution in [0.3, 0.4) is 0 Å². The first-order chi connectivity index (χ1) is 7.24. The molecule has 2 atom stereocenters. The highest BCUT2D eigenvalue weighted by Gasteiger charge is 2.09. The van der Waals surface area contributed by atoms with Crippen molar-refractivity contribution in [1.29, 1.82) is 0 Å². The van der Waals surface area contributed by atoms with Gasteiger partial charge >= 0.3 is 0 Å². The first kappa shape index (κ1) is 12.3. The fourth-order valence-corrected chi connectivity index (χ4v) is 1.92. The zero-order valence-electron chi connectivity index (χ0n) is 10.2. The van der Waals surface area contributed by atoms with Crippen molar-refractivity contribution >= 4 is 0 Å². The average Bonchev–Trinajstić information content (AvgIpc) is 2.27. The molecule has 1 aromatic carbocycles. The second-order valence-corrected chi connectivity index (χ2v) is 4.40. The second-order valence-electron chi connectivity index (χ2n) is 4.40. The third-order valence-electron chi connectivity index (χ3n) is 2.82. The molecule has 0 aliphatic heterocycles. The SMILES string of the molecule is CCCNC(C)CC(C)c1ccccc1. The predicted octanol–water partition coefficient (Wildman–Crippen LogP) is 3.57. The van der Waals surface area contributed by atoms with Gasteiger partial charge in [-0.15, -0.1) is 0 Å². The molecule has 1 nitrogen and oxygen atoms in total. The quantitative estimate of drug-likeness (QED) is 0.748. The van der Waals surface area contributed by atoms with E-state index in [9.17, 15) is 0 Å². The fraction of sp³-hybridized carbons (Fsp3) is 0.571. The van der Waals surface area contributed by atoms with Gasteiger partial charge in [-0.2, -0.15) is 0 Å².